The van der Waals surface area contributed by atoms with Gasteiger partial charge in [0.25, 0.3) is 0 Å². The Morgan fingerprint density at radius 2 is 2.05 bits per heavy atom. The maximum atomic E-state index is 13.4. The van der Waals surface area contributed by atoms with E-state index in [0.29, 0.717) is 17.9 Å². The van der Waals surface area contributed by atoms with Crippen molar-refractivity contribution < 1.29 is 18.6 Å². The highest BCUT2D eigenvalue weighted by Gasteiger charge is 2.03. The van der Waals surface area contributed by atoms with Crippen molar-refractivity contribution in [1.29, 1.82) is 0 Å². The SMILES string of the molecule is CCOc1cc(C=NNc2ccc(F)cc2F)ccc1O. The molecule has 110 valence electrons. The highest BCUT2D eigenvalue weighted by atomic mass is 19.1. The molecule has 0 unspecified atom stereocenters. The van der Waals surface area contributed by atoms with Crippen LogP contribution in [0.1, 0.15) is 12.5 Å². The van der Waals surface area contributed by atoms with E-state index in [2.05, 4.69) is 10.5 Å². The average molecular weight is 292 g/mol. The number of hydrazone groups is 1. The molecule has 0 radical (unpaired) electrons. The molecular formula is C15H14F2N2O2. The van der Waals surface area contributed by atoms with Crippen molar-refractivity contribution in [1.82, 2.24) is 0 Å². The molecule has 0 fully saturated rings. The molecule has 2 aromatic rings. The van der Waals surface area contributed by atoms with Gasteiger partial charge in [-0.1, -0.05) is 0 Å². The van der Waals surface area contributed by atoms with E-state index < -0.39 is 11.6 Å². The van der Waals surface area contributed by atoms with Gasteiger partial charge in [-0.3, -0.25) is 5.43 Å². The van der Waals surface area contributed by atoms with Crippen LogP contribution in [0.4, 0.5) is 14.5 Å². The second kappa shape index (κ2) is 6.69. The summed E-state index contributed by atoms with van der Waals surface area (Å²) >= 11 is 0. The van der Waals surface area contributed by atoms with E-state index >= 15 is 0 Å². The molecule has 2 N–H and O–H groups in total. The van der Waals surface area contributed by atoms with Gasteiger partial charge in [0.05, 0.1) is 18.5 Å². The van der Waals surface area contributed by atoms with Crippen molar-refractivity contribution in [3.63, 3.8) is 0 Å². The number of hydrogen-bond acceptors (Lipinski definition) is 4. The lowest BCUT2D eigenvalue weighted by atomic mass is 10.2. The zero-order valence-corrected chi connectivity index (χ0v) is 11.3. The Balaban J connectivity index is 2.09. The molecule has 2 rings (SSSR count). The van der Waals surface area contributed by atoms with Gasteiger partial charge in [-0.2, -0.15) is 5.10 Å². The van der Waals surface area contributed by atoms with Gasteiger partial charge >= 0.3 is 0 Å². The summed E-state index contributed by atoms with van der Waals surface area (Å²) in [6.45, 7) is 2.23. The minimum Gasteiger partial charge on any atom is -0.504 e. The molecule has 0 aromatic heterocycles. The minimum atomic E-state index is -0.729. The van der Waals surface area contributed by atoms with Gasteiger partial charge in [0, 0.05) is 6.07 Å². The lowest BCUT2D eigenvalue weighted by Gasteiger charge is -2.06. The highest BCUT2D eigenvalue weighted by Crippen LogP contribution is 2.26. The monoisotopic (exact) mass is 292 g/mol. The van der Waals surface area contributed by atoms with Gasteiger partial charge in [-0.15, -0.1) is 0 Å². The topological polar surface area (TPSA) is 53.8 Å². The zero-order valence-electron chi connectivity index (χ0n) is 11.3. The molecule has 0 saturated heterocycles. The number of nitrogens with zero attached hydrogens (tertiary/aromatic N) is 1. The lowest BCUT2D eigenvalue weighted by molar-refractivity contribution is 0.318. The van der Waals surface area contributed by atoms with Crippen LogP contribution in [0.5, 0.6) is 11.5 Å². The van der Waals surface area contributed by atoms with E-state index in [-0.39, 0.29) is 11.4 Å². The zero-order chi connectivity index (χ0) is 15.2. The molecule has 0 saturated carbocycles. The van der Waals surface area contributed by atoms with Crippen molar-refractivity contribution in [2.45, 2.75) is 6.92 Å². The molecular weight excluding hydrogens is 278 g/mol. The van der Waals surface area contributed by atoms with E-state index in [1.807, 2.05) is 0 Å². The molecule has 21 heavy (non-hydrogen) atoms. The number of nitrogens with one attached hydrogen (secondary N) is 1. The van der Waals surface area contributed by atoms with E-state index in [0.717, 1.165) is 12.1 Å². The number of phenolic OH excluding ortho intramolecular Hbond substituents is 1. The van der Waals surface area contributed by atoms with Crippen LogP contribution in [0.2, 0.25) is 0 Å². The summed E-state index contributed by atoms with van der Waals surface area (Å²) in [4.78, 5) is 0. The molecule has 2 aromatic carbocycles. The van der Waals surface area contributed by atoms with Crippen molar-refractivity contribution in [3.8, 4) is 11.5 Å². The summed E-state index contributed by atoms with van der Waals surface area (Å²) < 4.78 is 31.4. The van der Waals surface area contributed by atoms with Crippen molar-refractivity contribution in [2.75, 3.05) is 12.0 Å². The van der Waals surface area contributed by atoms with Crippen LogP contribution < -0.4 is 10.2 Å². The van der Waals surface area contributed by atoms with E-state index in [4.69, 9.17) is 4.74 Å². The number of halogens is 2. The number of phenols is 1. The normalized spacial score (nSPS) is 10.8. The first-order valence-electron chi connectivity index (χ1n) is 6.30. The largest absolute Gasteiger partial charge is 0.504 e. The molecule has 0 spiro atoms. The predicted octanol–water partition coefficient (Wildman–Crippen LogP) is 3.52. The minimum absolute atomic E-state index is 0.0338. The quantitative estimate of drug-likeness (QED) is 0.655. The first kappa shape index (κ1) is 14.8. The Morgan fingerprint density at radius 3 is 2.76 bits per heavy atom. The maximum absolute atomic E-state index is 13.4. The fraction of sp³-hybridized carbons (Fsp3) is 0.133. The van der Waals surface area contributed by atoms with Crippen LogP contribution in [0.15, 0.2) is 41.5 Å². The Morgan fingerprint density at radius 1 is 1.24 bits per heavy atom. The van der Waals surface area contributed by atoms with Crippen molar-refractivity contribution >= 4 is 11.9 Å². The van der Waals surface area contributed by atoms with E-state index in [9.17, 15) is 13.9 Å². The third-order valence-corrected chi connectivity index (χ3v) is 2.61. The van der Waals surface area contributed by atoms with Gasteiger partial charge in [-0.05, 0) is 42.8 Å². The van der Waals surface area contributed by atoms with Crippen molar-refractivity contribution in [2.24, 2.45) is 5.10 Å². The van der Waals surface area contributed by atoms with Gasteiger partial charge in [0.2, 0.25) is 0 Å². The summed E-state index contributed by atoms with van der Waals surface area (Å²) in [5, 5.41) is 13.4. The number of ether oxygens (including phenoxy) is 1. The predicted molar refractivity (Wildman–Crippen MR) is 76.9 cm³/mol. The number of benzene rings is 2. The van der Waals surface area contributed by atoms with Gasteiger partial charge in [0.15, 0.2) is 17.3 Å². The molecule has 4 nitrogen and oxygen atoms in total. The van der Waals surface area contributed by atoms with Crippen LogP contribution in [0.3, 0.4) is 0 Å². The first-order valence-corrected chi connectivity index (χ1v) is 6.30. The molecule has 0 aliphatic heterocycles. The Kier molecular flexibility index (Phi) is 4.71. The number of aromatic hydroxyl groups is 1. The maximum Gasteiger partial charge on any atom is 0.161 e. The summed E-state index contributed by atoms with van der Waals surface area (Å²) in [7, 11) is 0. The molecule has 0 heterocycles. The van der Waals surface area contributed by atoms with Gasteiger partial charge in [-0.25, -0.2) is 8.78 Å². The second-order valence-corrected chi connectivity index (χ2v) is 4.15. The summed E-state index contributed by atoms with van der Waals surface area (Å²) in [5.74, 6) is -1.00. The third-order valence-electron chi connectivity index (χ3n) is 2.61. The first-order chi connectivity index (χ1) is 10.1. The summed E-state index contributed by atoms with van der Waals surface area (Å²) in [5.41, 5.74) is 3.20. The molecule has 0 bridgehead atoms. The smallest absolute Gasteiger partial charge is 0.161 e. The number of hydrogen-bond donors (Lipinski definition) is 2. The summed E-state index contributed by atoms with van der Waals surface area (Å²) in [6, 6.07) is 7.87. The van der Waals surface area contributed by atoms with Crippen LogP contribution in [-0.4, -0.2) is 17.9 Å². The van der Waals surface area contributed by atoms with E-state index in [1.165, 1.54) is 18.3 Å². The van der Waals surface area contributed by atoms with Crippen LogP contribution >= 0.6 is 0 Å². The highest BCUT2D eigenvalue weighted by molar-refractivity contribution is 5.81. The van der Waals surface area contributed by atoms with Crippen molar-refractivity contribution in [3.05, 3.63) is 53.6 Å². The average Bonchev–Trinajstić information content (AvgIpc) is 2.45. The van der Waals surface area contributed by atoms with Crippen LogP contribution in [-0.2, 0) is 0 Å². The molecule has 0 amide bonds. The molecule has 0 aliphatic carbocycles. The molecule has 0 aliphatic rings. The second-order valence-electron chi connectivity index (χ2n) is 4.15. The third kappa shape index (κ3) is 3.92. The fourth-order valence-corrected chi connectivity index (χ4v) is 1.64. The number of anilines is 1. The van der Waals surface area contributed by atoms with Gasteiger partial charge < -0.3 is 9.84 Å². The van der Waals surface area contributed by atoms with Gasteiger partial charge in [0.1, 0.15) is 5.82 Å². The Labute approximate surface area is 120 Å². The number of rotatable bonds is 5. The fourth-order valence-electron chi connectivity index (χ4n) is 1.64. The van der Waals surface area contributed by atoms with E-state index in [1.54, 1.807) is 19.1 Å². The molecule has 6 heteroatoms. The Bertz CT molecular complexity index is 660. The van der Waals surface area contributed by atoms with Crippen LogP contribution in [0.25, 0.3) is 0 Å². The Hall–Kier alpha value is -2.63. The summed E-state index contributed by atoms with van der Waals surface area (Å²) in [6.07, 6.45) is 1.44. The lowest BCUT2D eigenvalue weighted by Crippen LogP contribution is -1.96. The van der Waals surface area contributed by atoms with Crippen LogP contribution in [0, 0.1) is 11.6 Å². The standard InChI is InChI=1S/C15H14F2N2O2/c1-2-21-15-7-10(3-6-14(15)20)9-18-19-13-5-4-11(16)8-12(13)17/h3-9,19-20H,2H2,1H3. The molecule has 0 atom stereocenters.